The van der Waals surface area contributed by atoms with E-state index >= 15 is 0 Å². The molecule has 1 aromatic heterocycles. The van der Waals surface area contributed by atoms with Gasteiger partial charge in [-0.2, -0.15) is 0 Å². The van der Waals surface area contributed by atoms with Gasteiger partial charge in [-0.05, 0) is 42.5 Å². The Balaban J connectivity index is 1.79. The molecule has 4 nitrogen and oxygen atoms in total. The highest BCUT2D eigenvalue weighted by Gasteiger charge is 2.20. The van der Waals surface area contributed by atoms with Gasteiger partial charge in [0.25, 0.3) is 5.91 Å². The van der Waals surface area contributed by atoms with Crippen LogP contribution in [0.1, 0.15) is 27.9 Å². The third kappa shape index (κ3) is 2.50. The minimum absolute atomic E-state index is 0.290. The number of pyridine rings is 1. The third-order valence-electron chi connectivity index (χ3n) is 3.76. The van der Waals surface area contributed by atoms with E-state index in [2.05, 4.69) is 34.6 Å². The molecule has 1 amide bonds. The molecule has 1 unspecified atom stereocenters. The summed E-state index contributed by atoms with van der Waals surface area (Å²) in [7, 11) is 0. The van der Waals surface area contributed by atoms with Gasteiger partial charge in [0.15, 0.2) is 0 Å². The van der Waals surface area contributed by atoms with Gasteiger partial charge in [-0.3, -0.25) is 4.79 Å². The Labute approximate surface area is 118 Å². The van der Waals surface area contributed by atoms with Crippen molar-refractivity contribution in [3.63, 3.8) is 0 Å². The van der Waals surface area contributed by atoms with Crippen molar-refractivity contribution in [3.8, 4) is 0 Å². The van der Waals surface area contributed by atoms with E-state index < -0.39 is 5.91 Å². The lowest BCUT2D eigenvalue weighted by Gasteiger charge is -2.26. The number of nitrogens with zero attached hydrogens (tertiary/aromatic N) is 1. The number of nitrogens with one attached hydrogen (secondary N) is 1. The van der Waals surface area contributed by atoms with Crippen molar-refractivity contribution in [2.24, 2.45) is 5.73 Å². The summed E-state index contributed by atoms with van der Waals surface area (Å²) in [6, 6.07) is 12.2. The van der Waals surface area contributed by atoms with Gasteiger partial charge in [-0.1, -0.05) is 24.3 Å². The highest BCUT2D eigenvalue weighted by molar-refractivity contribution is 5.97. The van der Waals surface area contributed by atoms with Gasteiger partial charge in [-0.15, -0.1) is 0 Å². The second-order valence-electron chi connectivity index (χ2n) is 5.12. The molecule has 0 fully saturated rings. The van der Waals surface area contributed by atoms with Crippen LogP contribution in [0.2, 0.25) is 0 Å². The van der Waals surface area contributed by atoms with Crippen LogP contribution in [0.4, 0.5) is 5.82 Å². The summed E-state index contributed by atoms with van der Waals surface area (Å²) in [5.74, 6) is 0.140. The first kappa shape index (κ1) is 12.7. The molecule has 0 radical (unpaired) electrons. The highest BCUT2D eigenvalue weighted by Crippen LogP contribution is 2.24. The summed E-state index contributed by atoms with van der Waals surface area (Å²) in [5, 5.41) is 3.36. The topological polar surface area (TPSA) is 68.0 Å². The number of primary amides is 1. The van der Waals surface area contributed by atoms with E-state index in [9.17, 15) is 4.79 Å². The average Bonchev–Trinajstić information content (AvgIpc) is 2.47. The Hall–Kier alpha value is -2.36. The van der Waals surface area contributed by atoms with E-state index in [-0.39, 0.29) is 6.04 Å². The average molecular weight is 267 g/mol. The van der Waals surface area contributed by atoms with Gasteiger partial charge in [0.1, 0.15) is 5.82 Å². The number of hydrogen-bond donors (Lipinski definition) is 2. The maximum Gasteiger partial charge on any atom is 0.252 e. The molecule has 0 aliphatic heterocycles. The molecule has 1 aromatic carbocycles. The van der Waals surface area contributed by atoms with Crippen LogP contribution in [0, 0.1) is 0 Å². The predicted molar refractivity (Wildman–Crippen MR) is 78.6 cm³/mol. The first-order chi connectivity index (χ1) is 9.74. The Morgan fingerprint density at radius 1 is 1.20 bits per heavy atom. The van der Waals surface area contributed by atoms with Crippen LogP contribution in [-0.4, -0.2) is 16.9 Å². The number of amides is 1. The van der Waals surface area contributed by atoms with Crippen molar-refractivity contribution in [1.82, 2.24) is 4.98 Å². The van der Waals surface area contributed by atoms with Crippen LogP contribution in [0.25, 0.3) is 0 Å². The van der Waals surface area contributed by atoms with Crippen molar-refractivity contribution in [3.05, 3.63) is 59.3 Å². The van der Waals surface area contributed by atoms with Crippen molar-refractivity contribution in [2.75, 3.05) is 5.32 Å². The number of carbonyl (C=O) groups is 1. The number of hydrogen-bond acceptors (Lipinski definition) is 3. The zero-order valence-corrected chi connectivity index (χ0v) is 11.2. The maximum absolute atomic E-state index is 11.4. The van der Waals surface area contributed by atoms with E-state index in [0.29, 0.717) is 11.4 Å². The molecule has 2 aromatic rings. The molecule has 3 N–H and O–H groups in total. The summed E-state index contributed by atoms with van der Waals surface area (Å²) in [6.07, 6.45) is 4.70. The van der Waals surface area contributed by atoms with Gasteiger partial charge < -0.3 is 11.1 Å². The number of anilines is 1. The van der Waals surface area contributed by atoms with Crippen molar-refractivity contribution in [1.29, 1.82) is 0 Å². The van der Waals surface area contributed by atoms with Crippen molar-refractivity contribution < 1.29 is 4.79 Å². The SMILES string of the molecule is NC(=O)c1cccnc1NC1CCc2ccccc2C1. The zero-order valence-electron chi connectivity index (χ0n) is 11.2. The Morgan fingerprint density at radius 3 is 2.80 bits per heavy atom. The third-order valence-corrected chi connectivity index (χ3v) is 3.76. The van der Waals surface area contributed by atoms with E-state index in [0.717, 1.165) is 19.3 Å². The number of rotatable bonds is 3. The first-order valence-electron chi connectivity index (χ1n) is 6.82. The molecule has 0 saturated heterocycles. The summed E-state index contributed by atoms with van der Waals surface area (Å²) >= 11 is 0. The molecule has 1 atom stereocenters. The minimum atomic E-state index is -0.447. The number of fused-ring (bicyclic) bond motifs is 1. The summed E-state index contributed by atoms with van der Waals surface area (Å²) < 4.78 is 0. The standard InChI is InChI=1S/C16H17N3O/c17-15(20)14-6-3-9-18-16(14)19-13-8-7-11-4-1-2-5-12(11)10-13/h1-6,9,13H,7-8,10H2,(H2,17,20)(H,18,19). The largest absolute Gasteiger partial charge is 0.366 e. The fraction of sp³-hybridized carbons (Fsp3) is 0.250. The number of carbonyl (C=O) groups excluding carboxylic acids is 1. The Bertz CT molecular complexity index is 639. The lowest BCUT2D eigenvalue weighted by molar-refractivity contribution is 0.100. The van der Waals surface area contributed by atoms with Gasteiger partial charge in [-0.25, -0.2) is 4.98 Å². The molecule has 0 saturated carbocycles. The first-order valence-corrected chi connectivity index (χ1v) is 6.82. The van der Waals surface area contributed by atoms with Gasteiger partial charge in [0.05, 0.1) is 5.56 Å². The van der Waals surface area contributed by atoms with E-state index in [1.54, 1.807) is 18.3 Å². The highest BCUT2D eigenvalue weighted by atomic mass is 16.1. The molecule has 102 valence electrons. The van der Waals surface area contributed by atoms with Crippen LogP contribution < -0.4 is 11.1 Å². The smallest absolute Gasteiger partial charge is 0.252 e. The van der Waals surface area contributed by atoms with Crippen molar-refractivity contribution in [2.45, 2.75) is 25.3 Å². The minimum Gasteiger partial charge on any atom is -0.366 e. The molecular formula is C16H17N3O. The fourth-order valence-electron chi connectivity index (χ4n) is 2.73. The lowest BCUT2D eigenvalue weighted by atomic mass is 9.88. The van der Waals surface area contributed by atoms with E-state index in [1.807, 2.05) is 0 Å². The van der Waals surface area contributed by atoms with Crippen LogP contribution in [0.5, 0.6) is 0 Å². The molecule has 3 rings (SSSR count). The van der Waals surface area contributed by atoms with Crippen LogP contribution in [0.15, 0.2) is 42.6 Å². The van der Waals surface area contributed by atoms with Gasteiger partial charge in [0.2, 0.25) is 0 Å². The van der Waals surface area contributed by atoms with Crippen LogP contribution >= 0.6 is 0 Å². The van der Waals surface area contributed by atoms with E-state index in [1.165, 1.54) is 11.1 Å². The summed E-state index contributed by atoms with van der Waals surface area (Å²) in [5.41, 5.74) is 8.61. The molecule has 4 heteroatoms. The Kier molecular flexibility index (Phi) is 3.37. The molecular weight excluding hydrogens is 250 g/mol. The lowest BCUT2D eigenvalue weighted by Crippen LogP contribution is -2.29. The quantitative estimate of drug-likeness (QED) is 0.895. The van der Waals surface area contributed by atoms with Crippen LogP contribution in [0.3, 0.4) is 0 Å². The molecule has 1 heterocycles. The molecule has 1 aliphatic carbocycles. The summed E-state index contributed by atoms with van der Waals surface area (Å²) in [6.45, 7) is 0. The van der Waals surface area contributed by atoms with Gasteiger partial charge >= 0.3 is 0 Å². The summed E-state index contributed by atoms with van der Waals surface area (Å²) in [4.78, 5) is 15.6. The zero-order chi connectivity index (χ0) is 13.9. The van der Waals surface area contributed by atoms with Gasteiger partial charge in [0, 0.05) is 12.2 Å². The number of aryl methyl sites for hydroxylation is 1. The predicted octanol–water partition coefficient (Wildman–Crippen LogP) is 2.15. The maximum atomic E-state index is 11.4. The Morgan fingerprint density at radius 2 is 2.00 bits per heavy atom. The number of aromatic nitrogens is 1. The fourth-order valence-corrected chi connectivity index (χ4v) is 2.73. The number of benzene rings is 1. The van der Waals surface area contributed by atoms with Crippen molar-refractivity contribution >= 4 is 11.7 Å². The second kappa shape index (κ2) is 5.33. The van der Waals surface area contributed by atoms with Crippen LogP contribution in [-0.2, 0) is 12.8 Å². The van der Waals surface area contributed by atoms with E-state index in [4.69, 9.17) is 5.73 Å². The monoisotopic (exact) mass is 267 g/mol. The number of nitrogens with two attached hydrogens (primary N) is 1. The molecule has 0 bridgehead atoms. The molecule has 20 heavy (non-hydrogen) atoms. The second-order valence-corrected chi connectivity index (χ2v) is 5.12. The molecule has 1 aliphatic rings. The normalized spacial score (nSPS) is 17.3. The molecule has 0 spiro atoms.